The molecule has 3 rings (SSSR count). The second-order valence-corrected chi connectivity index (χ2v) is 7.75. The summed E-state index contributed by atoms with van der Waals surface area (Å²) >= 11 is 1.47. The molecule has 0 aliphatic carbocycles. The van der Waals surface area contributed by atoms with Gasteiger partial charge in [0.15, 0.2) is 10.8 Å². The van der Waals surface area contributed by atoms with Crippen molar-refractivity contribution in [3.8, 4) is 0 Å². The molecule has 2 aromatic heterocycles. The molecule has 1 aliphatic heterocycles. The van der Waals surface area contributed by atoms with Crippen LogP contribution in [0.5, 0.6) is 0 Å². The number of ether oxygens (including phenoxy) is 1. The third kappa shape index (κ3) is 7.41. The highest BCUT2D eigenvalue weighted by Gasteiger charge is 2.38. The number of nitrogens with one attached hydrogen (secondary N) is 1. The van der Waals surface area contributed by atoms with Crippen LogP contribution in [0, 0.1) is 6.92 Å². The van der Waals surface area contributed by atoms with Crippen LogP contribution in [0.1, 0.15) is 40.1 Å². The monoisotopic (exact) mass is 475 g/mol. The second kappa shape index (κ2) is 11.7. The van der Waals surface area contributed by atoms with E-state index in [-0.39, 0.29) is 5.91 Å². The molecule has 0 bridgehead atoms. The first-order valence-corrected chi connectivity index (χ1v) is 10.7. The zero-order valence-electron chi connectivity index (χ0n) is 17.6. The molecular formula is C19H24F3N5O4S. The quantitative estimate of drug-likeness (QED) is 0.587. The average molecular weight is 475 g/mol. The molecule has 13 heteroatoms. The Morgan fingerprint density at radius 1 is 1.31 bits per heavy atom. The fraction of sp³-hybridized carbons (Fsp3) is 0.526. The van der Waals surface area contributed by atoms with Gasteiger partial charge in [-0.1, -0.05) is 0 Å². The molecule has 176 valence electrons. The number of amides is 1. The molecule has 0 radical (unpaired) electrons. The summed E-state index contributed by atoms with van der Waals surface area (Å²) in [5, 5.41) is 18.9. The van der Waals surface area contributed by atoms with Crippen LogP contribution >= 0.6 is 11.3 Å². The van der Waals surface area contributed by atoms with Crippen molar-refractivity contribution in [1.82, 2.24) is 20.5 Å². The van der Waals surface area contributed by atoms with E-state index in [2.05, 4.69) is 20.5 Å². The number of alkyl halides is 3. The van der Waals surface area contributed by atoms with Gasteiger partial charge in [-0.05, 0) is 45.2 Å². The molecule has 0 saturated carbocycles. The number of hydrogen-bond donors (Lipinski definition) is 2. The molecule has 0 fully saturated rings. The van der Waals surface area contributed by atoms with Crippen molar-refractivity contribution in [3.05, 3.63) is 27.7 Å². The lowest BCUT2D eigenvalue weighted by Gasteiger charge is -2.25. The van der Waals surface area contributed by atoms with Crippen LogP contribution in [0.3, 0.4) is 0 Å². The van der Waals surface area contributed by atoms with Gasteiger partial charge in [0.2, 0.25) is 0 Å². The molecule has 1 aliphatic rings. The molecule has 1 amide bonds. The maximum absolute atomic E-state index is 12.3. The average Bonchev–Trinajstić information content (AvgIpc) is 3.18. The molecule has 3 heterocycles. The van der Waals surface area contributed by atoms with Crippen LogP contribution in [0.4, 0.5) is 24.8 Å². The van der Waals surface area contributed by atoms with Gasteiger partial charge >= 0.3 is 12.1 Å². The molecule has 9 nitrogen and oxygen atoms in total. The number of halogens is 3. The number of carboxylic acid groups (broad SMARTS) is 1. The number of nitrogens with zero attached hydrogens (tertiary/aromatic N) is 4. The summed E-state index contributed by atoms with van der Waals surface area (Å²) in [6.45, 7) is 6.66. The summed E-state index contributed by atoms with van der Waals surface area (Å²) in [5.41, 5.74) is 0.881. The number of aliphatic carboxylic acids is 1. The predicted octanol–water partition coefficient (Wildman–Crippen LogP) is 3.12. The third-order valence-electron chi connectivity index (χ3n) is 4.17. The smallest absolute Gasteiger partial charge is 0.475 e. The van der Waals surface area contributed by atoms with Gasteiger partial charge in [0.05, 0.1) is 5.69 Å². The van der Waals surface area contributed by atoms with Crippen LogP contribution in [0.25, 0.3) is 0 Å². The van der Waals surface area contributed by atoms with Crippen molar-refractivity contribution in [2.75, 3.05) is 31.2 Å². The number of thiazole rings is 1. The highest BCUT2D eigenvalue weighted by molar-refractivity contribution is 7.14. The van der Waals surface area contributed by atoms with Gasteiger partial charge in [-0.25, -0.2) is 9.78 Å². The minimum Gasteiger partial charge on any atom is -0.475 e. The number of carbonyl (C=O) groups is 2. The van der Waals surface area contributed by atoms with Crippen LogP contribution in [0.15, 0.2) is 12.1 Å². The Kier molecular flexibility index (Phi) is 9.32. The first kappa shape index (κ1) is 25.5. The number of fused-ring (bicyclic) bond motifs is 1. The number of anilines is 2. The Morgan fingerprint density at radius 2 is 2.03 bits per heavy atom. The van der Waals surface area contributed by atoms with E-state index >= 15 is 0 Å². The second-order valence-electron chi connectivity index (χ2n) is 6.66. The van der Waals surface area contributed by atoms with E-state index in [1.54, 1.807) is 0 Å². The SMILES string of the molecule is CCOCCCNC(=O)c1nc2c(s1)CCCN2c1ccc(C)nn1.O=C(O)C(F)(F)F. The van der Waals surface area contributed by atoms with E-state index in [1.807, 2.05) is 30.9 Å². The maximum atomic E-state index is 12.3. The Morgan fingerprint density at radius 3 is 2.62 bits per heavy atom. The first-order valence-electron chi connectivity index (χ1n) is 9.87. The van der Waals surface area contributed by atoms with E-state index in [0.29, 0.717) is 24.8 Å². The summed E-state index contributed by atoms with van der Waals surface area (Å²) in [6.07, 6.45) is -2.32. The van der Waals surface area contributed by atoms with Gasteiger partial charge in [-0.2, -0.15) is 18.3 Å². The van der Waals surface area contributed by atoms with Crippen LogP contribution in [0.2, 0.25) is 0 Å². The van der Waals surface area contributed by atoms with Crippen molar-refractivity contribution in [3.63, 3.8) is 0 Å². The van der Waals surface area contributed by atoms with Crippen molar-refractivity contribution in [2.24, 2.45) is 0 Å². The molecule has 0 saturated heterocycles. The zero-order chi connectivity index (χ0) is 23.7. The summed E-state index contributed by atoms with van der Waals surface area (Å²) in [5.74, 6) is -1.26. The van der Waals surface area contributed by atoms with E-state index in [4.69, 9.17) is 14.6 Å². The minimum atomic E-state index is -5.08. The molecule has 2 aromatic rings. The lowest BCUT2D eigenvalue weighted by atomic mass is 10.2. The molecular weight excluding hydrogens is 451 g/mol. The van der Waals surface area contributed by atoms with E-state index in [9.17, 15) is 18.0 Å². The number of rotatable bonds is 7. The fourth-order valence-electron chi connectivity index (χ4n) is 2.67. The number of aromatic nitrogens is 3. The molecule has 0 spiro atoms. The van der Waals surface area contributed by atoms with Crippen molar-refractivity contribution < 1.29 is 32.6 Å². The van der Waals surface area contributed by atoms with Gasteiger partial charge in [0, 0.05) is 31.2 Å². The summed E-state index contributed by atoms with van der Waals surface area (Å²) in [7, 11) is 0. The molecule has 32 heavy (non-hydrogen) atoms. The van der Waals surface area contributed by atoms with Crippen LogP contribution in [-0.4, -0.2) is 64.6 Å². The predicted molar refractivity (Wildman–Crippen MR) is 111 cm³/mol. The van der Waals surface area contributed by atoms with Gasteiger partial charge in [0.25, 0.3) is 5.91 Å². The first-order chi connectivity index (χ1) is 15.1. The highest BCUT2D eigenvalue weighted by atomic mass is 32.1. The van der Waals surface area contributed by atoms with Gasteiger partial charge in [-0.15, -0.1) is 16.4 Å². The van der Waals surface area contributed by atoms with Crippen molar-refractivity contribution in [1.29, 1.82) is 0 Å². The highest BCUT2D eigenvalue weighted by Crippen LogP contribution is 2.35. The van der Waals surface area contributed by atoms with Crippen LogP contribution < -0.4 is 10.2 Å². The Bertz CT molecular complexity index is 905. The summed E-state index contributed by atoms with van der Waals surface area (Å²) in [6, 6.07) is 3.89. The standard InChI is InChI=1S/C17H23N5O2S.C2HF3O2/c1-3-24-11-5-9-18-16(23)17-19-15-13(25-17)6-4-10-22(15)14-8-7-12(2)20-21-14;3-2(4,5)1(6)7/h7-8H,3-6,9-11H2,1-2H3,(H,18,23);(H,6,7). The van der Waals surface area contributed by atoms with E-state index in [1.165, 1.54) is 11.3 Å². The van der Waals surface area contributed by atoms with Gasteiger partial charge in [0.1, 0.15) is 5.82 Å². The molecule has 0 aromatic carbocycles. The minimum absolute atomic E-state index is 0.120. The molecule has 2 N–H and O–H groups in total. The molecule has 0 unspecified atom stereocenters. The Balaban J connectivity index is 0.000000451. The van der Waals surface area contributed by atoms with Crippen LogP contribution in [-0.2, 0) is 16.0 Å². The molecule has 0 atom stereocenters. The number of aryl methyl sites for hydroxylation is 2. The number of hydrogen-bond acceptors (Lipinski definition) is 8. The lowest BCUT2D eigenvalue weighted by molar-refractivity contribution is -0.192. The van der Waals surface area contributed by atoms with Crippen molar-refractivity contribution >= 4 is 34.8 Å². The van der Waals surface area contributed by atoms with Gasteiger partial charge in [-0.3, -0.25) is 4.79 Å². The van der Waals surface area contributed by atoms with Gasteiger partial charge < -0.3 is 20.1 Å². The maximum Gasteiger partial charge on any atom is 0.490 e. The Labute approximate surface area is 186 Å². The van der Waals surface area contributed by atoms with Crippen molar-refractivity contribution in [2.45, 2.75) is 39.3 Å². The van der Waals surface area contributed by atoms with E-state index < -0.39 is 12.1 Å². The normalized spacial score (nSPS) is 13.1. The zero-order valence-corrected chi connectivity index (χ0v) is 18.4. The largest absolute Gasteiger partial charge is 0.490 e. The lowest BCUT2D eigenvalue weighted by Crippen LogP contribution is -2.26. The Hall–Kier alpha value is -2.80. The third-order valence-corrected chi connectivity index (χ3v) is 5.27. The summed E-state index contributed by atoms with van der Waals surface area (Å²) in [4.78, 5) is 29.0. The topological polar surface area (TPSA) is 118 Å². The summed E-state index contributed by atoms with van der Waals surface area (Å²) < 4.78 is 37.0. The fourth-order valence-corrected chi connectivity index (χ4v) is 3.70. The number of carboxylic acids is 1. The number of carbonyl (C=O) groups excluding carboxylic acids is 1. The van der Waals surface area contributed by atoms with E-state index in [0.717, 1.165) is 48.0 Å².